The quantitative estimate of drug-likeness (QED) is 0.730. The third-order valence-corrected chi connectivity index (χ3v) is 4.70. The highest BCUT2D eigenvalue weighted by Gasteiger charge is 2.37. The van der Waals surface area contributed by atoms with E-state index in [0.717, 1.165) is 28.2 Å². The Kier molecular flexibility index (Phi) is 3.21. The Balaban J connectivity index is 1.44. The molecule has 2 atom stereocenters. The SMILES string of the molecule is Clc1c(CNC2CC2c2ccccc2)[nH]c2ccccc12. The second-order valence-electron chi connectivity index (χ2n) is 5.70. The van der Waals surface area contributed by atoms with Crippen LogP contribution in [0.1, 0.15) is 23.6 Å². The van der Waals surface area contributed by atoms with E-state index in [9.17, 15) is 0 Å². The smallest absolute Gasteiger partial charge is 0.0705 e. The monoisotopic (exact) mass is 296 g/mol. The summed E-state index contributed by atoms with van der Waals surface area (Å²) in [7, 11) is 0. The van der Waals surface area contributed by atoms with Crippen molar-refractivity contribution in [2.75, 3.05) is 0 Å². The first-order valence-electron chi connectivity index (χ1n) is 7.36. The summed E-state index contributed by atoms with van der Waals surface area (Å²) in [5.41, 5.74) is 3.61. The van der Waals surface area contributed by atoms with Crippen LogP contribution in [0.4, 0.5) is 0 Å². The lowest BCUT2D eigenvalue weighted by atomic mass is 10.1. The summed E-state index contributed by atoms with van der Waals surface area (Å²) in [6, 6.07) is 19.4. The topological polar surface area (TPSA) is 27.8 Å². The fourth-order valence-corrected chi connectivity index (χ4v) is 3.29. The Bertz CT molecular complexity index is 763. The van der Waals surface area contributed by atoms with Gasteiger partial charge in [-0.15, -0.1) is 0 Å². The maximum absolute atomic E-state index is 6.44. The zero-order valence-corrected chi connectivity index (χ0v) is 12.4. The molecular weight excluding hydrogens is 280 g/mol. The number of rotatable bonds is 4. The second kappa shape index (κ2) is 5.21. The number of H-pyrrole nitrogens is 1. The Morgan fingerprint density at radius 2 is 1.81 bits per heavy atom. The molecule has 4 rings (SSSR count). The average molecular weight is 297 g/mol. The molecular formula is C18H17ClN2. The Morgan fingerprint density at radius 1 is 1.05 bits per heavy atom. The van der Waals surface area contributed by atoms with Crippen molar-refractivity contribution < 1.29 is 0 Å². The van der Waals surface area contributed by atoms with Gasteiger partial charge in [0.2, 0.25) is 0 Å². The highest BCUT2D eigenvalue weighted by molar-refractivity contribution is 6.36. The van der Waals surface area contributed by atoms with Crippen LogP contribution < -0.4 is 5.32 Å². The van der Waals surface area contributed by atoms with Crippen molar-refractivity contribution >= 4 is 22.5 Å². The van der Waals surface area contributed by atoms with Crippen molar-refractivity contribution in [2.24, 2.45) is 0 Å². The molecule has 3 heteroatoms. The van der Waals surface area contributed by atoms with Gasteiger partial charge in [-0.25, -0.2) is 0 Å². The van der Waals surface area contributed by atoms with Gasteiger partial charge in [-0.1, -0.05) is 60.1 Å². The van der Waals surface area contributed by atoms with Crippen LogP contribution in [0.5, 0.6) is 0 Å². The second-order valence-corrected chi connectivity index (χ2v) is 6.08. The molecule has 2 N–H and O–H groups in total. The average Bonchev–Trinajstić information content (AvgIpc) is 3.25. The van der Waals surface area contributed by atoms with E-state index in [4.69, 9.17) is 11.6 Å². The summed E-state index contributed by atoms with van der Waals surface area (Å²) in [4.78, 5) is 3.41. The van der Waals surface area contributed by atoms with Crippen molar-refractivity contribution in [1.29, 1.82) is 0 Å². The molecule has 1 aliphatic carbocycles. The van der Waals surface area contributed by atoms with Gasteiger partial charge in [-0.05, 0) is 18.1 Å². The van der Waals surface area contributed by atoms with Gasteiger partial charge in [0, 0.05) is 35.1 Å². The van der Waals surface area contributed by atoms with Gasteiger partial charge in [-0.2, -0.15) is 0 Å². The number of para-hydroxylation sites is 1. The fraction of sp³-hybridized carbons (Fsp3) is 0.222. The van der Waals surface area contributed by atoms with Gasteiger partial charge in [0.05, 0.1) is 5.02 Å². The van der Waals surface area contributed by atoms with Crippen LogP contribution in [0.25, 0.3) is 10.9 Å². The van der Waals surface area contributed by atoms with Crippen molar-refractivity contribution in [2.45, 2.75) is 24.9 Å². The van der Waals surface area contributed by atoms with E-state index in [1.54, 1.807) is 0 Å². The molecule has 1 heterocycles. The number of halogens is 1. The standard InChI is InChI=1S/C18H17ClN2/c19-18-13-8-4-5-9-15(13)21-17(18)11-20-16-10-14(16)12-6-2-1-3-7-12/h1-9,14,16,20-21H,10-11H2. The van der Waals surface area contributed by atoms with Crippen LogP contribution in [0, 0.1) is 0 Å². The van der Waals surface area contributed by atoms with Gasteiger partial charge in [0.15, 0.2) is 0 Å². The highest BCUT2D eigenvalue weighted by Crippen LogP contribution is 2.41. The van der Waals surface area contributed by atoms with Gasteiger partial charge in [-0.3, -0.25) is 0 Å². The number of hydrogen-bond donors (Lipinski definition) is 2. The molecule has 1 fully saturated rings. The van der Waals surface area contributed by atoms with Gasteiger partial charge in [0.1, 0.15) is 0 Å². The Labute approximate surface area is 129 Å². The van der Waals surface area contributed by atoms with Crippen LogP contribution in [-0.2, 0) is 6.54 Å². The highest BCUT2D eigenvalue weighted by atomic mass is 35.5. The van der Waals surface area contributed by atoms with E-state index >= 15 is 0 Å². The van der Waals surface area contributed by atoms with E-state index in [0.29, 0.717) is 12.0 Å². The summed E-state index contributed by atoms with van der Waals surface area (Å²) >= 11 is 6.44. The molecule has 1 saturated carbocycles. The number of aromatic amines is 1. The number of aromatic nitrogens is 1. The first-order chi connectivity index (χ1) is 10.3. The van der Waals surface area contributed by atoms with Gasteiger partial charge >= 0.3 is 0 Å². The van der Waals surface area contributed by atoms with E-state index in [1.165, 1.54) is 12.0 Å². The zero-order valence-electron chi connectivity index (χ0n) is 11.6. The summed E-state index contributed by atoms with van der Waals surface area (Å²) in [5.74, 6) is 0.648. The first-order valence-corrected chi connectivity index (χ1v) is 7.74. The van der Waals surface area contributed by atoms with Crippen molar-refractivity contribution in [3.8, 4) is 0 Å². The van der Waals surface area contributed by atoms with E-state index in [-0.39, 0.29) is 0 Å². The zero-order chi connectivity index (χ0) is 14.2. The largest absolute Gasteiger partial charge is 0.356 e. The third-order valence-electron chi connectivity index (χ3n) is 4.27. The third kappa shape index (κ3) is 2.45. The van der Waals surface area contributed by atoms with Gasteiger partial charge < -0.3 is 10.3 Å². The van der Waals surface area contributed by atoms with Crippen LogP contribution in [0.15, 0.2) is 54.6 Å². The lowest BCUT2D eigenvalue weighted by Gasteiger charge is -2.03. The van der Waals surface area contributed by atoms with Crippen molar-refractivity contribution in [3.63, 3.8) is 0 Å². The molecule has 0 bridgehead atoms. The Hall–Kier alpha value is -1.77. The van der Waals surface area contributed by atoms with E-state index in [2.05, 4.69) is 52.8 Å². The molecule has 0 amide bonds. The van der Waals surface area contributed by atoms with E-state index in [1.807, 2.05) is 12.1 Å². The van der Waals surface area contributed by atoms with Crippen molar-refractivity contribution in [3.05, 3.63) is 70.9 Å². The maximum Gasteiger partial charge on any atom is 0.0705 e. The van der Waals surface area contributed by atoms with Crippen LogP contribution in [-0.4, -0.2) is 11.0 Å². The summed E-state index contributed by atoms with van der Waals surface area (Å²) < 4.78 is 0. The molecule has 0 radical (unpaired) electrons. The van der Waals surface area contributed by atoms with Gasteiger partial charge in [0.25, 0.3) is 0 Å². The fourth-order valence-electron chi connectivity index (χ4n) is 3.01. The van der Waals surface area contributed by atoms with Crippen molar-refractivity contribution in [1.82, 2.24) is 10.3 Å². The predicted octanol–water partition coefficient (Wildman–Crippen LogP) is 4.47. The molecule has 0 saturated heterocycles. The molecule has 2 unspecified atom stereocenters. The minimum Gasteiger partial charge on any atom is -0.356 e. The number of hydrogen-bond acceptors (Lipinski definition) is 1. The normalized spacial score (nSPS) is 20.8. The van der Waals surface area contributed by atoms with E-state index < -0.39 is 0 Å². The predicted molar refractivity (Wildman–Crippen MR) is 87.7 cm³/mol. The Morgan fingerprint density at radius 3 is 2.62 bits per heavy atom. The number of benzene rings is 2. The van der Waals surface area contributed by atoms with Crippen LogP contribution >= 0.6 is 11.6 Å². The minimum atomic E-state index is 0.565. The van der Waals surface area contributed by atoms with Crippen LogP contribution in [0.2, 0.25) is 5.02 Å². The molecule has 0 aliphatic heterocycles. The molecule has 21 heavy (non-hydrogen) atoms. The number of fused-ring (bicyclic) bond motifs is 1. The summed E-state index contributed by atoms with van der Waals surface area (Å²) in [5, 5.41) is 5.55. The molecule has 2 nitrogen and oxygen atoms in total. The lowest BCUT2D eigenvalue weighted by Crippen LogP contribution is -2.17. The van der Waals surface area contributed by atoms with Crippen LogP contribution in [0.3, 0.4) is 0 Å². The molecule has 106 valence electrons. The minimum absolute atomic E-state index is 0.565. The summed E-state index contributed by atoms with van der Waals surface area (Å²) in [6.45, 7) is 0.793. The molecule has 2 aromatic carbocycles. The first kappa shape index (κ1) is 12.9. The molecule has 3 aromatic rings. The molecule has 1 aromatic heterocycles. The summed E-state index contributed by atoms with van der Waals surface area (Å²) in [6.07, 6.45) is 1.21. The molecule has 1 aliphatic rings. The maximum atomic E-state index is 6.44. The lowest BCUT2D eigenvalue weighted by molar-refractivity contribution is 0.664. The molecule has 0 spiro atoms. The number of nitrogens with one attached hydrogen (secondary N) is 2.